The summed E-state index contributed by atoms with van der Waals surface area (Å²) in [6.45, 7) is 5.82. The Balaban J connectivity index is 1.10. The second-order valence-electron chi connectivity index (χ2n) is 21.3. The van der Waals surface area contributed by atoms with Gasteiger partial charge in [0, 0.05) is 20.1 Å². The van der Waals surface area contributed by atoms with E-state index in [0.29, 0.717) is 13.2 Å². The topological polar surface area (TPSA) is 18.5 Å². The molecule has 1 aliphatic rings. The SMILES string of the molecule is CCCCCCOc1ccc(C2(c3ccc(OCCCCCC)c(/C=C/c4ccccc4P(c4ccccc4)c4ccccc4)c3)c3cc(Br)ccc3-c3ccc(Br)cc32)cc1/C=C/c1ccccc1P(c1ccccc1)c1ccccc1. The highest BCUT2D eigenvalue weighted by atomic mass is 79.9. The van der Waals surface area contributed by atoms with Crippen molar-refractivity contribution in [2.24, 2.45) is 0 Å². The first-order valence-corrected chi connectivity index (χ1v) is 33.7. The van der Waals surface area contributed by atoms with Crippen molar-refractivity contribution < 1.29 is 9.47 Å². The molecule has 0 saturated carbocycles. The molecular formula is C77H70Br2O2P2. The standard InChI is InChI=1S/C77H70Br2O2P2/c1-3-5-7-25-51-80-73-49-43-61(53-59(73)41-39-57-27-21-23-37-75(57)82(65-29-13-9-14-30-65)66-31-15-10-16-32-66)77(71-55-63(78)45-47-69(71)70-48-46-64(79)56-72(70)77)62-44-50-74(81-52-26-8-6-4-2)60(54-62)42-40-58-28-22-24-38-76(58)83(67-33-17-11-18-34-67)68-35-19-12-20-36-68/h9-24,27-50,53-56H,3-8,25-26,51-52H2,1-2H3/b41-39+,42-40+. The lowest BCUT2D eigenvalue weighted by molar-refractivity contribution is 0.304. The third-order valence-electron chi connectivity index (χ3n) is 15.8. The number of fused-ring (bicyclic) bond motifs is 3. The lowest BCUT2D eigenvalue weighted by Gasteiger charge is -2.35. The molecule has 83 heavy (non-hydrogen) atoms. The molecule has 0 N–H and O–H groups in total. The van der Waals surface area contributed by atoms with Crippen LogP contribution in [0.15, 0.2) is 252 Å². The monoisotopic (exact) mass is 1250 g/mol. The highest BCUT2D eigenvalue weighted by Gasteiger charge is 2.47. The molecule has 11 rings (SSSR count). The number of unbranched alkanes of at least 4 members (excludes halogenated alkanes) is 6. The maximum absolute atomic E-state index is 6.89. The van der Waals surface area contributed by atoms with Crippen molar-refractivity contribution in [1.82, 2.24) is 0 Å². The van der Waals surface area contributed by atoms with Crippen LogP contribution in [0.5, 0.6) is 11.5 Å². The van der Waals surface area contributed by atoms with E-state index in [-0.39, 0.29) is 0 Å². The molecule has 0 spiro atoms. The zero-order valence-corrected chi connectivity index (χ0v) is 52.4. The van der Waals surface area contributed by atoms with Gasteiger partial charge in [-0.1, -0.05) is 303 Å². The summed E-state index contributed by atoms with van der Waals surface area (Å²) in [5.74, 6) is 1.76. The fourth-order valence-corrected chi connectivity index (χ4v) is 17.3. The van der Waals surface area contributed by atoms with Crippen molar-refractivity contribution in [1.29, 1.82) is 0 Å². The molecule has 0 fully saturated rings. The van der Waals surface area contributed by atoms with Crippen molar-refractivity contribution in [3.8, 4) is 22.6 Å². The van der Waals surface area contributed by atoms with Gasteiger partial charge in [0.05, 0.1) is 18.6 Å². The summed E-state index contributed by atoms with van der Waals surface area (Å²) >= 11 is 8.01. The lowest BCUT2D eigenvalue weighted by atomic mass is 9.67. The van der Waals surface area contributed by atoms with Crippen molar-refractivity contribution in [2.75, 3.05) is 13.2 Å². The van der Waals surface area contributed by atoms with Gasteiger partial charge in [0.1, 0.15) is 11.5 Å². The summed E-state index contributed by atoms with van der Waals surface area (Å²) in [6.07, 6.45) is 18.3. The molecule has 10 aromatic rings. The molecule has 6 heteroatoms. The van der Waals surface area contributed by atoms with Crippen LogP contribution in [0.2, 0.25) is 0 Å². The Labute approximate surface area is 512 Å². The highest BCUT2D eigenvalue weighted by Crippen LogP contribution is 2.58. The first-order chi connectivity index (χ1) is 40.9. The van der Waals surface area contributed by atoms with Crippen LogP contribution in [0.3, 0.4) is 0 Å². The van der Waals surface area contributed by atoms with E-state index in [9.17, 15) is 0 Å². The quantitative estimate of drug-likeness (QED) is 0.0341. The number of halogens is 2. The fourth-order valence-electron chi connectivity index (χ4n) is 11.8. The molecule has 0 atom stereocenters. The van der Waals surface area contributed by atoms with Crippen LogP contribution < -0.4 is 41.3 Å². The van der Waals surface area contributed by atoms with Crippen molar-refractivity contribution in [2.45, 2.75) is 70.6 Å². The molecule has 0 saturated heterocycles. The van der Waals surface area contributed by atoms with E-state index in [1.54, 1.807) is 0 Å². The predicted octanol–water partition coefficient (Wildman–Crippen LogP) is 19.4. The van der Waals surface area contributed by atoms with Crippen LogP contribution in [0, 0.1) is 0 Å². The molecule has 0 aliphatic heterocycles. The molecule has 0 amide bonds. The maximum Gasteiger partial charge on any atom is 0.126 e. The lowest BCUT2D eigenvalue weighted by Crippen LogP contribution is -2.29. The van der Waals surface area contributed by atoms with Gasteiger partial charge in [-0.05, 0) is 154 Å². The Kier molecular flexibility index (Phi) is 19.6. The minimum absolute atomic E-state index is 0.651. The van der Waals surface area contributed by atoms with E-state index in [1.165, 1.54) is 90.9 Å². The van der Waals surface area contributed by atoms with Gasteiger partial charge in [-0.2, -0.15) is 0 Å². The Morgan fingerprint density at radius 2 is 0.699 bits per heavy atom. The summed E-state index contributed by atoms with van der Waals surface area (Å²) in [6, 6.07) is 89.5. The molecule has 0 heterocycles. The minimum Gasteiger partial charge on any atom is -0.493 e. The number of rotatable bonds is 24. The second kappa shape index (κ2) is 28.1. The molecule has 10 aromatic carbocycles. The zero-order chi connectivity index (χ0) is 56.8. The van der Waals surface area contributed by atoms with Gasteiger partial charge in [0.15, 0.2) is 0 Å². The molecule has 2 nitrogen and oxygen atoms in total. The number of benzene rings is 10. The molecule has 0 aromatic heterocycles. The Bertz CT molecular complexity index is 3490. The van der Waals surface area contributed by atoms with E-state index < -0.39 is 21.3 Å². The molecule has 414 valence electrons. The summed E-state index contributed by atoms with van der Waals surface area (Å²) in [4.78, 5) is 0. The average molecular weight is 1250 g/mol. The van der Waals surface area contributed by atoms with Crippen LogP contribution >= 0.6 is 47.7 Å². The normalized spacial score (nSPS) is 12.6. The molecule has 0 radical (unpaired) electrons. The van der Waals surface area contributed by atoms with Crippen LogP contribution in [0.25, 0.3) is 35.4 Å². The van der Waals surface area contributed by atoms with Gasteiger partial charge in [0.2, 0.25) is 0 Å². The van der Waals surface area contributed by atoms with E-state index >= 15 is 0 Å². The van der Waals surface area contributed by atoms with Crippen molar-refractivity contribution in [3.63, 3.8) is 0 Å². The van der Waals surface area contributed by atoms with Crippen LogP contribution in [-0.4, -0.2) is 13.2 Å². The second-order valence-corrected chi connectivity index (χ2v) is 27.5. The van der Waals surface area contributed by atoms with Gasteiger partial charge in [-0.3, -0.25) is 0 Å². The number of hydrogen-bond acceptors (Lipinski definition) is 2. The molecule has 0 unspecified atom stereocenters. The third-order valence-corrected chi connectivity index (χ3v) is 21.8. The van der Waals surface area contributed by atoms with Gasteiger partial charge in [-0.25, -0.2) is 0 Å². The summed E-state index contributed by atoms with van der Waals surface area (Å²) in [5.41, 5.74) is 10.9. The average Bonchev–Trinajstić information content (AvgIpc) is 2.98. The summed E-state index contributed by atoms with van der Waals surface area (Å²) in [7, 11) is -1.70. The van der Waals surface area contributed by atoms with Gasteiger partial charge in [0.25, 0.3) is 0 Å². The van der Waals surface area contributed by atoms with E-state index in [1.807, 2.05) is 0 Å². The minimum atomic E-state index is -0.852. The Morgan fingerprint density at radius 3 is 1.07 bits per heavy atom. The summed E-state index contributed by atoms with van der Waals surface area (Å²) in [5, 5.41) is 7.91. The van der Waals surface area contributed by atoms with Gasteiger partial charge >= 0.3 is 0 Å². The van der Waals surface area contributed by atoms with Crippen molar-refractivity contribution >= 4 is 104 Å². The van der Waals surface area contributed by atoms with Crippen LogP contribution in [-0.2, 0) is 5.41 Å². The van der Waals surface area contributed by atoms with E-state index in [2.05, 4.69) is 313 Å². The fraction of sp³-hybridized carbons (Fsp3) is 0.169. The first-order valence-electron chi connectivity index (χ1n) is 29.4. The number of ether oxygens (including phenoxy) is 2. The Morgan fingerprint density at radius 1 is 0.349 bits per heavy atom. The third kappa shape index (κ3) is 13.1. The first kappa shape index (κ1) is 57.9. The van der Waals surface area contributed by atoms with E-state index in [0.717, 1.165) is 68.4 Å². The zero-order valence-electron chi connectivity index (χ0n) is 47.4. The van der Waals surface area contributed by atoms with Crippen LogP contribution in [0.1, 0.15) is 110 Å². The molecule has 0 bridgehead atoms. The summed E-state index contributed by atoms with van der Waals surface area (Å²) < 4.78 is 15.8. The Hall–Kier alpha value is -6.90. The smallest absolute Gasteiger partial charge is 0.126 e. The maximum atomic E-state index is 6.89. The van der Waals surface area contributed by atoms with Gasteiger partial charge < -0.3 is 9.47 Å². The van der Waals surface area contributed by atoms with Crippen molar-refractivity contribution in [3.05, 3.63) is 296 Å². The van der Waals surface area contributed by atoms with Gasteiger partial charge in [-0.15, -0.1) is 0 Å². The predicted molar refractivity (Wildman–Crippen MR) is 367 cm³/mol. The van der Waals surface area contributed by atoms with E-state index in [4.69, 9.17) is 9.47 Å². The number of hydrogen-bond donors (Lipinski definition) is 0. The molecule has 1 aliphatic carbocycles. The highest BCUT2D eigenvalue weighted by molar-refractivity contribution is 9.10. The molecular weight excluding hydrogens is 1180 g/mol. The van der Waals surface area contributed by atoms with Crippen LogP contribution in [0.4, 0.5) is 0 Å². The largest absolute Gasteiger partial charge is 0.493 e.